The number of hydrogen-bond acceptors (Lipinski definition) is 7. The van der Waals surface area contributed by atoms with Crippen LogP contribution in [0.25, 0.3) is 0 Å². The first-order valence-electron chi connectivity index (χ1n) is 21.5. The molecule has 310 valence electrons. The van der Waals surface area contributed by atoms with Crippen molar-refractivity contribution in [3.63, 3.8) is 0 Å². The van der Waals surface area contributed by atoms with Crippen LogP contribution in [0.15, 0.2) is 43.0 Å². The summed E-state index contributed by atoms with van der Waals surface area (Å²) in [6.07, 6.45) is 13.5. The molecule has 0 radical (unpaired) electrons. The van der Waals surface area contributed by atoms with E-state index in [0.29, 0.717) is 30.7 Å². The van der Waals surface area contributed by atoms with Crippen molar-refractivity contribution in [3.8, 4) is 0 Å². The number of benzene rings is 1. The number of allylic oxidation sites excluding steroid dienone is 1. The molecule has 12 nitrogen and oxygen atoms in total. The van der Waals surface area contributed by atoms with E-state index >= 15 is 0 Å². The van der Waals surface area contributed by atoms with Gasteiger partial charge in [0.2, 0.25) is 17.6 Å². The number of carbonyl (C=O) groups excluding carboxylic acids is 6. The van der Waals surface area contributed by atoms with Crippen molar-refractivity contribution in [3.05, 3.63) is 48.6 Å². The van der Waals surface area contributed by atoms with Crippen LogP contribution in [0.1, 0.15) is 117 Å². The number of ketones is 1. The number of rotatable bonds is 15. The molecule has 1 aromatic carbocycles. The van der Waals surface area contributed by atoms with Crippen LogP contribution in [-0.2, 0) is 34.3 Å². The van der Waals surface area contributed by atoms with E-state index in [1.165, 1.54) is 19.3 Å². The molecule has 57 heavy (non-hydrogen) atoms. The summed E-state index contributed by atoms with van der Waals surface area (Å²) in [5.74, 6) is -1.50. The second kappa shape index (κ2) is 16.2. The van der Waals surface area contributed by atoms with Crippen LogP contribution in [0.4, 0.5) is 4.79 Å². The van der Waals surface area contributed by atoms with Gasteiger partial charge in [-0.05, 0) is 125 Å². The Morgan fingerprint density at radius 3 is 2.18 bits per heavy atom. The van der Waals surface area contributed by atoms with E-state index in [0.717, 1.165) is 56.9 Å². The summed E-state index contributed by atoms with van der Waals surface area (Å²) in [6.45, 7) is 11.3. The Balaban J connectivity index is 1.02. The van der Waals surface area contributed by atoms with Crippen LogP contribution < -0.4 is 21.3 Å². The fourth-order valence-corrected chi connectivity index (χ4v) is 11.9. The van der Waals surface area contributed by atoms with Crippen molar-refractivity contribution in [1.29, 1.82) is 0 Å². The number of piperidine rings is 1. The van der Waals surface area contributed by atoms with Gasteiger partial charge in [0.25, 0.3) is 5.91 Å². The summed E-state index contributed by atoms with van der Waals surface area (Å²) in [6, 6.07) is 6.06. The molecule has 5 atom stereocenters. The Labute approximate surface area is 337 Å². The Bertz CT molecular complexity index is 1700. The molecule has 4 bridgehead atoms. The molecule has 5 unspecified atom stereocenters. The van der Waals surface area contributed by atoms with E-state index in [9.17, 15) is 28.8 Å². The summed E-state index contributed by atoms with van der Waals surface area (Å²) >= 11 is 0. The Morgan fingerprint density at radius 2 is 1.56 bits per heavy atom. The number of esters is 1. The number of nitrogens with one attached hydrogen (secondary N) is 4. The topological polar surface area (TPSA) is 163 Å². The van der Waals surface area contributed by atoms with E-state index in [1.54, 1.807) is 24.8 Å². The minimum absolute atomic E-state index is 0.0439. The average molecular weight is 786 g/mol. The largest absolute Gasteiger partial charge is 0.453 e. The molecule has 12 heteroatoms. The number of fused-ring (bicyclic) bond motifs is 1. The van der Waals surface area contributed by atoms with E-state index in [2.05, 4.69) is 41.7 Å². The molecule has 1 aromatic rings. The van der Waals surface area contributed by atoms with E-state index in [-0.39, 0.29) is 47.1 Å². The van der Waals surface area contributed by atoms with Gasteiger partial charge >= 0.3 is 12.0 Å². The van der Waals surface area contributed by atoms with Gasteiger partial charge in [0.1, 0.15) is 24.2 Å². The molecule has 7 fully saturated rings. The standard InChI is InChI=1S/C45H63N5O7/c1-6-7-18-33(38(52)40(54)46-25-34(51)57-44(4,5)31-16-12-9-13-17-31)47-39(53)37-35-32(43(35,2)3)26-50(37)41(55)36(30-14-10-8-11-15-30)48-42(56)49-45-22-27-19-28(23-45)21-29(20-27)24-45/h6,9,12-13,16-17,27-30,32-33,35-37H,1,7-8,10-11,14-15,18-26H2,2-5H3,(H,46,54)(H,47,53)(H2,48,49,56). The van der Waals surface area contributed by atoms with Gasteiger partial charge in [0.05, 0.1) is 6.04 Å². The molecule has 5 amide bonds. The maximum Gasteiger partial charge on any atom is 0.326 e. The average Bonchev–Trinajstić information content (AvgIpc) is 3.46. The van der Waals surface area contributed by atoms with Gasteiger partial charge in [-0.15, -0.1) is 6.58 Å². The lowest BCUT2D eigenvalue weighted by Gasteiger charge is -2.56. The third-order valence-corrected chi connectivity index (χ3v) is 14.6. The fraction of sp³-hybridized carbons (Fsp3) is 0.689. The van der Waals surface area contributed by atoms with Gasteiger partial charge in [-0.3, -0.25) is 24.0 Å². The van der Waals surface area contributed by atoms with E-state index in [1.807, 2.05) is 30.3 Å². The molecule has 8 rings (SSSR count). The highest BCUT2D eigenvalue weighted by atomic mass is 16.6. The lowest BCUT2D eigenvalue weighted by atomic mass is 9.53. The third kappa shape index (κ3) is 8.65. The number of hydrogen-bond donors (Lipinski definition) is 4. The second-order valence-corrected chi connectivity index (χ2v) is 19.4. The fourth-order valence-electron chi connectivity index (χ4n) is 11.9. The molecular weight excluding hydrogens is 723 g/mol. The molecule has 4 N–H and O–H groups in total. The predicted molar refractivity (Wildman–Crippen MR) is 214 cm³/mol. The Morgan fingerprint density at radius 1 is 0.930 bits per heavy atom. The third-order valence-electron chi connectivity index (χ3n) is 14.6. The van der Waals surface area contributed by atoms with Crippen LogP contribution in [0.5, 0.6) is 0 Å². The van der Waals surface area contributed by atoms with Crippen LogP contribution in [-0.4, -0.2) is 77.2 Å². The van der Waals surface area contributed by atoms with E-state index in [4.69, 9.17) is 4.74 Å². The van der Waals surface area contributed by atoms with Crippen LogP contribution in [0, 0.1) is 40.9 Å². The Kier molecular flexibility index (Phi) is 11.6. The number of likely N-dealkylation sites (tertiary alicyclic amines) is 1. The minimum atomic E-state index is -1.21. The second-order valence-electron chi connectivity index (χ2n) is 19.4. The smallest absolute Gasteiger partial charge is 0.326 e. The predicted octanol–water partition coefficient (Wildman–Crippen LogP) is 5.30. The number of urea groups is 1. The van der Waals surface area contributed by atoms with Gasteiger partial charge in [-0.1, -0.05) is 69.5 Å². The molecular formula is C45H63N5O7. The summed E-state index contributed by atoms with van der Waals surface area (Å²) in [5.41, 5.74) is -0.598. The normalized spacial score (nSPS) is 30.6. The van der Waals surface area contributed by atoms with Crippen LogP contribution in [0.2, 0.25) is 0 Å². The van der Waals surface area contributed by atoms with Crippen molar-refractivity contribution < 1.29 is 33.5 Å². The zero-order valence-electron chi connectivity index (χ0n) is 34.3. The van der Waals surface area contributed by atoms with Gasteiger partial charge in [-0.2, -0.15) is 0 Å². The first-order valence-corrected chi connectivity index (χ1v) is 21.5. The van der Waals surface area contributed by atoms with Crippen molar-refractivity contribution in [2.45, 2.75) is 140 Å². The van der Waals surface area contributed by atoms with Crippen molar-refractivity contribution in [1.82, 2.24) is 26.2 Å². The lowest BCUT2D eigenvalue weighted by Crippen LogP contribution is -2.64. The van der Waals surface area contributed by atoms with Crippen LogP contribution in [0.3, 0.4) is 0 Å². The summed E-state index contributed by atoms with van der Waals surface area (Å²) in [4.78, 5) is 84.3. The number of Topliss-reactive ketones (excluding diaryl/α,β-unsaturated/α-hetero) is 1. The molecule has 1 aliphatic heterocycles. The summed E-state index contributed by atoms with van der Waals surface area (Å²) in [5, 5.41) is 11.8. The number of amides is 5. The first kappa shape index (κ1) is 41.0. The maximum absolute atomic E-state index is 14.8. The zero-order chi connectivity index (χ0) is 40.7. The summed E-state index contributed by atoms with van der Waals surface area (Å²) < 4.78 is 5.61. The van der Waals surface area contributed by atoms with Crippen molar-refractivity contribution in [2.24, 2.45) is 40.9 Å². The highest BCUT2D eigenvalue weighted by Crippen LogP contribution is 2.65. The van der Waals surface area contributed by atoms with Crippen molar-refractivity contribution in [2.75, 3.05) is 13.1 Å². The lowest BCUT2D eigenvalue weighted by molar-refractivity contribution is -0.157. The molecule has 6 saturated carbocycles. The van der Waals surface area contributed by atoms with Crippen LogP contribution >= 0.6 is 0 Å². The highest BCUT2D eigenvalue weighted by molar-refractivity contribution is 6.38. The quantitative estimate of drug-likeness (QED) is 0.107. The minimum Gasteiger partial charge on any atom is -0.453 e. The Hall–Kier alpha value is -4.22. The number of nitrogens with zero attached hydrogens (tertiary/aromatic N) is 1. The molecule has 1 saturated heterocycles. The maximum atomic E-state index is 14.8. The molecule has 0 aromatic heterocycles. The van der Waals surface area contributed by atoms with E-state index < -0.39 is 53.8 Å². The first-order chi connectivity index (χ1) is 27.1. The molecule has 7 aliphatic rings. The molecule has 6 aliphatic carbocycles. The number of ether oxygens (including phenoxy) is 1. The monoisotopic (exact) mass is 785 g/mol. The van der Waals surface area contributed by atoms with Crippen molar-refractivity contribution >= 4 is 35.5 Å². The SMILES string of the molecule is C=CCCC(NC(=O)C1C2C(CN1C(=O)C(NC(=O)NC13CC4CC(CC(C4)C1)C3)C1CCCCC1)C2(C)C)C(=O)C(=O)NCC(=O)OC(C)(C)c1ccccc1. The highest BCUT2D eigenvalue weighted by Gasteiger charge is 2.70. The zero-order valence-corrected chi connectivity index (χ0v) is 34.3. The van der Waals surface area contributed by atoms with Gasteiger partial charge in [0, 0.05) is 12.1 Å². The molecule has 0 spiro atoms. The molecule has 1 heterocycles. The van der Waals surface area contributed by atoms with Gasteiger partial charge in [0.15, 0.2) is 0 Å². The summed E-state index contributed by atoms with van der Waals surface area (Å²) in [7, 11) is 0. The van der Waals surface area contributed by atoms with Gasteiger partial charge < -0.3 is 30.9 Å². The number of carbonyl (C=O) groups is 6. The van der Waals surface area contributed by atoms with Gasteiger partial charge in [-0.25, -0.2) is 4.79 Å².